The summed E-state index contributed by atoms with van der Waals surface area (Å²) < 4.78 is 5.70. The van der Waals surface area contributed by atoms with Crippen LogP contribution in [0.4, 0.5) is 0 Å². The van der Waals surface area contributed by atoms with E-state index in [0.717, 1.165) is 19.6 Å². The summed E-state index contributed by atoms with van der Waals surface area (Å²) in [7, 11) is 0. The lowest BCUT2D eigenvalue weighted by molar-refractivity contribution is 0.125. The van der Waals surface area contributed by atoms with Crippen LogP contribution in [0, 0.1) is 0 Å². The third-order valence-corrected chi connectivity index (χ3v) is 3.79. The topological polar surface area (TPSA) is 9.23 Å². The van der Waals surface area contributed by atoms with Crippen molar-refractivity contribution in [1.29, 1.82) is 0 Å². The van der Waals surface area contributed by atoms with Gasteiger partial charge in [-0.05, 0) is 31.7 Å². The van der Waals surface area contributed by atoms with E-state index in [1.165, 1.54) is 56.1 Å². The largest absolute Gasteiger partial charge is 0.376 e. The van der Waals surface area contributed by atoms with Crippen LogP contribution in [0.3, 0.4) is 0 Å². The fraction of sp³-hybridized carbons (Fsp3) is 0.600. The standard InChI is InChI=1S/C20H32O/c1-3-4-5-6-7-9-13-19(2)14-12-17-21-18-20-15-10-8-11-16-20/h8,10-11,14-16H,3-7,9,12-13,17-18H2,1-2H3/b19-14+. The fourth-order valence-corrected chi connectivity index (χ4v) is 2.44. The van der Waals surface area contributed by atoms with Gasteiger partial charge < -0.3 is 4.74 Å². The van der Waals surface area contributed by atoms with E-state index < -0.39 is 0 Å². The molecule has 118 valence electrons. The molecule has 0 N–H and O–H groups in total. The maximum Gasteiger partial charge on any atom is 0.0717 e. The van der Waals surface area contributed by atoms with Crippen molar-refractivity contribution in [2.75, 3.05) is 6.61 Å². The van der Waals surface area contributed by atoms with E-state index in [9.17, 15) is 0 Å². The first-order valence-electron chi connectivity index (χ1n) is 8.60. The van der Waals surface area contributed by atoms with Crippen molar-refractivity contribution >= 4 is 0 Å². The molecule has 0 saturated carbocycles. The van der Waals surface area contributed by atoms with Crippen LogP contribution in [0.2, 0.25) is 0 Å². The second kappa shape index (κ2) is 12.6. The predicted octanol–water partition coefficient (Wildman–Crippen LogP) is 6.29. The van der Waals surface area contributed by atoms with Gasteiger partial charge >= 0.3 is 0 Å². The van der Waals surface area contributed by atoms with E-state index in [2.05, 4.69) is 44.2 Å². The Morgan fingerprint density at radius 3 is 2.48 bits per heavy atom. The summed E-state index contributed by atoms with van der Waals surface area (Å²) in [6.07, 6.45) is 12.9. The molecule has 1 aromatic rings. The second-order valence-corrected chi connectivity index (χ2v) is 5.90. The number of benzene rings is 1. The Bertz CT molecular complexity index is 367. The number of unbranched alkanes of at least 4 members (excludes halogenated alkanes) is 5. The Morgan fingerprint density at radius 1 is 1.00 bits per heavy atom. The molecular weight excluding hydrogens is 256 g/mol. The second-order valence-electron chi connectivity index (χ2n) is 5.90. The Labute approximate surface area is 131 Å². The number of hydrogen-bond acceptors (Lipinski definition) is 1. The van der Waals surface area contributed by atoms with Gasteiger partial charge in [0.05, 0.1) is 13.2 Å². The fourth-order valence-electron chi connectivity index (χ4n) is 2.44. The van der Waals surface area contributed by atoms with Gasteiger partial charge in [-0.25, -0.2) is 0 Å². The van der Waals surface area contributed by atoms with Crippen molar-refractivity contribution in [3.8, 4) is 0 Å². The summed E-state index contributed by atoms with van der Waals surface area (Å²) in [5.74, 6) is 0. The molecular formula is C20H32O. The zero-order valence-electron chi connectivity index (χ0n) is 13.9. The molecule has 0 atom stereocenters. The van der Waals surface area contributed by atoms with Gasteiger partial charge in [-0.2, -0.15) is 0 Å². The molecule has 0 fully saturated rings. The molecule has 0 heterocycles. The molecule has 0 aliphatic carbocycles. The Morgan fingerprint density at radius 2 is 1.71 bits per heavy atom. The highest BCUT2D eigenvalue weighted by molar-refractivity contribution is 5.13. The zero-order chi connectivity index (χ0) is 15.2. The zero-order valence-corrected chi connectivity index (χ0v) is 13.9. The van der Waals surface area contributed by atoms with Crippen LogP contribution < -0.4 is 0 Å². The minimum absolute atomic E-state index is 0.727. The van der Waals surface area contributed by atoms with Gasteiger partial charge in [0.1, 0.15) is 0 Å². The van der Waals surface area contributed by atoms with Gasteiger partial charge in [-0.15, -0.1) is 0 Å². The van der Waals surface area contributed by atoms with Gasteiger partial charge in [-0.3, -0.25) is 0 Å². The number of allylic oxidation sites excluding steroid dienone is 1. The summed E-state index contributed by atoms with van der Waals surface area (Å²) in [6.45, 7) is 6.07. The van der Waals surface area contributed by atoms with Crippen molar-refractivity contribution in [2.45, 2.75) is 71.8 Å². The van der Waals surface area contributed by atoms with Crippen molar-refractivity contribution in [2.24, 2.45) is 0 Å². The minimum Gasteiger partial charge on any atom is -0.376 e. The first-order chi connectivity index (χ1) is 10.3. The van der Waals surface area contributed by atoms with Crippen LogP contribution in [-0.2, 0) is 11.3 Å². The van der Waals surface area contributed by atoms with Crippen molar-refractivity contribution < 1.29 is 4.74 Å². The molecule has 21 heavy (non-hydrogen) atoms. The predicted molar refractivity (Wildman–Crippen MR) is 92.5 cm³/mol. The van der Waals surface area contributed by atoms with E-state index >= 15 is 0 Å². The van der Waals surface area contributed by atoms with Crippen LogP contribution in [-0.4, -0.2) is 6.61 Å². The molecule has 1 aromatic carbocycles. The Kier molecular flexibility index (Phi) is 10.8. The molecule has 0 radical (unpaired) electrons. The molecule has 0 aliphatic rings. The van der Waals surface area contributed by atoms with Crippen LogP contribution in [0.25, 0.3) is 0 Å². The molecule has 1 heteroatoms. The maximum atomic E-state index is 5.70. The number of ether oxygens (including phenoxy) is 1. The first kappa shape index (κ1) is 18.0. The Balaban J connectivity index is 1.97. The van der Waals surface area contributed by atoms with E-state index in [1.54, 1.807) is 0 Å². The summed E-state index contributed by atoms with van der Waals surface area (Å²) in [5, 5.41) is 0. The van der Waals surface area contributed by atoms with Crippen LogP contribution in [0.1, 0.15) is 70.8 Å². The number of hydrogen-bond donors (Lipinski definition) is 0. The van der Waals surface area contributed by atoms with E-state index in [-0.39, 0.29) is 0 Å². The third kappa shape index (κ3) is 10.3. The molecule has 1 nitrogen and oxygen atoms in total. The third-order valence-electron chi connectivity index (χ3n) is 3.79. The van der Waals surface area contributed by atoms with Gasteiger partial charge in [-0.1, -0.05) is 81.0 Å². The molecule has 0 unspecified atom stereocenters. The van der Waals surface area contributed by atoms with E-state index in [4.69, 9.17) is 4.74 Å². The van der Waals surface area contributed by atoms with Crippen molar-refractivity contribution in [1.82, 2.24) is 0 Å². The average Bonchev–Trinajstić information content (AvgIpc) is 2.51. The molecule has 0 amide bonds. The molecule has 0 spiro atoms. The summed E-state index contributed by atoms with van der Waals surface area (Å²) in [6, 6.07) is 10.4. The highest BCUT2D eigenvalue weighted by atomic mass is 16.5. The number of rotatable bonds is 12. The van der Waals surface area contributed by atoms with Gasteiger partial charge in [0.25, 0.3) is 0 Å². The van der Waals surface area contributed by atoms with Gasteiger partial charge in [0.15, 0.2) is 0 Å². The van der Waals surface area contributed by atoms with Crippen LogP contribution in [0.5, 0.6) is 0 Å². The molecule has 0 aromatic heterocycles. The van der Waals surface area contributed by atoms with Crippen molar-refractivity contribution in [3.05, 3.63) is 47.5 Å². The highest BCUT2D eigenvalue weighted by Crippen LogP contribution is 2.12. The van der Waals surface area contributed by atoms with E-state index in [0.29, 0.717) is 0 Å². The summed E-state index contributed by atoms with van der Waals surface area (Å²) in [4.78, 5) is 0. The molecule has 1 rings (SSSR count). The molecule has 0 aliphatic heterocycles. The van der Waals surface area contributed by atoms with Crippen LogP contribution >= 0.6 is 0 Å². The van der Waals surface area contributed by atoms with Crippen LogP contribution in [0.15, 0.2) is 42.0 Å². The minimum atomic E-state index is 0.727. The maximum absolute atomic E-state index is 5.70. The first-order valence-corrected chi connectivity index (χ1v) is 8.60. The smallest absolute Gasteiger partial charge is 0.0717 e. The van der Waals surface area contributed by atoms with E-state index in [1.807, 2.05) is 6.07 Å². The lowest BCUT2D eigenvalue weighted by atomic mass is 10.1. The molecule has 0 bridgehead atoms. The summed E-state index contributed by atoms with van der Waals surface area (Å²) >= 11 is 0. The normalized spacial score (nSPS) is 11.8. The lowest BCUT2D eigenvalue weighted by Crippen LogP contribution is -1.94. The SMILES string of the molecule is CCCCCCCC/C(C)=C/CCOCc1ccccc1. The summed E-state index contributed by atoms with van der Waals surface area (Å²) in [5.41, 5.74) is 2.78. The van der Waals surface area contributed by atoms with Gasteiger partial charge in [0.2, 0.25) is 0 Å². The lowest BCUT2D eigenvalue weighted by Gasteiger charge is -2.04. The quantitative estimate of drug-likeness (QED) is 0.324. The van der Waals surface area contributed by atoms with Crippen molar-refractivity contribution in [3.63, 3.8) is 0 Å². The Hall–Kier alpha value is -1.08. The van der Waals surface area contributed by atoms with Gasteiger partial charge in [0, 0.05) is 0 Å². The monoisotopic (exact) mass is 288 g/mol. The molecule has 0 saturated heterocycles. The highest BCUT2D eigenvalue weighted by Gasteiger charge is 1.94. The average molecular weight is 288 g/mol.